The SMILES string of the molecule is CCC(CCCn1ncc2ccccc2c1=O)NC. The Labute approximate surface area is 113 Å². The molecule has 102 valence electrons. The molecule has 0 saturated heterocycles. The van der Waals surface area contributed by atoms with Crippen molar-refractivity contribution < 1.29 is 0 Å². The van der Waals surface area contributed by atoms with Crippen LogP contribution in [-0.4, -0.2) is 22.9 Å². The molecule has 1 atom stereocenters. The Morgan fingerprint density at radius 3 is 2.89 bits per heavy atom. The van der Waals surface area contributed by atoms with Crippen LogP contribution in [0.5, 0.6) is 0 Å². The molecule has 2 rings (SSSR count). The van der Waals surface area contributed by atoms with Gasteiger partial charge in [-0.15, -0.1) is 0 Å². The van der Waals surface area contributed by atoms with Crippen LogP contribution in [-0.2, 0) is 6.54 Å². The molecular formula is C15H21N3O. The zero-order valence-electron chi connectivity index (χ0n) is 11.6. The molecule has 1 heterocycles. The molecule has 0 bridgehead atoms. The number of aromatic nitrogens is 2. The monoisotopic (exact) mass is 259 g/mol. The molecule has 0 aliphatic carbocycles. The van der Waals surface area contributed by atoms with Crippen LogP contribution in [0, 0.1) is 0 Å². The molecule has 0 fully saturated rings. The van der Waals surface area contributed by atoms with E-state index < -0.39 is 0 Å². The van der Waals surface area contributed by atoms with Gasteiger partial charge in [0.05, 0.1) is 11.6 Å². The van der Waals surface area contributed by atoms with Gasteiger partial charge in [-0.25, -0.2) is 4.68 Å². The number of aryl methyl sites for hydroxylation is 1. The summed E-state index contributed by atoms with van der Waals surface area (Å²) in [4.78, 5) is 12.2. The lowest BCUT2D eigenvalue weighted by Gasteiger charge is -2.13. The molecule has 1 aromatic heterocycles. The van der Waals surface area contributed by atoms with Crippen molar-refractivity contribution in [3.8, 4) is 0 Å². The molecule has 2 aromatic rings. The third-order valence-corrected chi connectivity index (χ3v) is 3.59. The van der Waals surface area contributed by atoms with Crippen molar-refractivity contribution in [1.82, 2.24) is 15.1 Å². The summed E-state index contributed by atoms with van der Waals surface area (Å²) in [6.45, 7) is 2.85. The fourth-order valence-corrected chi connectivity index (χ4v) is 2.33. The summed E-state index contributed by atoms with van der Waals surface area (Å²) in [7, 11) is 1.98. The number of nitrogens with zero attached hydrogens (tertiary/aromatic N) is 2. The van der Waals surface area contributed by atoms with Gasteiger partial charge in [0.15, 0.2) is 0 Å². The van der Waals surface area contributed by atoms with Gasteiger partial charge in [0.1, 0.15) is 0 Å². The summed E-state index contributed by atoms with van der Waals surface area (Å²) in [6.07, 6.45) is 4.90. The molecule has 1 aromatic carbocycles. The summed E-state index contributed by atoms with van der Waals surface area (Å²) >= 11 is 0. The van der Waals surface area contributed by atoms with Crippen molar-refractivity contribution in [2.45, 2.75) is 38.8 Å². The van der Waals surface area contributed by atoms with Crippen molar-refractivity contribution in [3.63, 3.8) is 0 Å². The van der Waals surface area contributed by atoms with Gasteiger partial charge < -0.3 is 5.32 Å². The molecular weight excluding hydrogens is 238 g/mol. The van der Waals surface area contributed by atoms with Crippen molar-refractivity contribution in [2.24, 2.45) is 0 Å². The van der Waals surface area contributed by atoms with E-state index in [1.165, 1.54) is 0 Å². The summed E-state index contributed by atoms with van der Waals surface area (Å²) in [6, 6.07) is 8.12. The molecule has 0 amide bonds. The van der Waals surface area contributed by atoms with Gasteiger partial charge in [-0.2, -0.15) is 5.10 Å². The second-order valence-corrected chi connectivity index (χ2v) is 4.80. The van der Waals surface area contributed by atoms with Crippen LogP contribution in [0.25, 0.3) is 10.8 Å². The first-order valence-corrected chi connectivity index (χ1v) is 6.88. The first-order valence-electron chi connectivity index (χ1n) is 6.88. The Balaban J connectivity index is 2.09. The highest BCUT2D eigenvalue weighted by Crippen LogP contribution is 2.07. The van der Waals surface area contributed by atoms with E-state index in [1.807, 2.05) is 31.3 Å². The van der Waals surface area contributed by atoms with Crippen LogP contribution < -0.4 is 10.9 Å². The van der Waals surface area contributed by atoms with Crippen molar-refractivity contribution >= 4 is 10.8 Å². The zero-order valence-corrected chi connectivity index (χ0v) is 11.6. The molecule has 19 heavy (non-hydrogen) atoms. The fraction of sp³-hybridized carbons (Fsp3) is 0.467. The Morgan fingerprint density at radius 1 is 1.37 bits per heavy atom. The number of rotatable bonds is 6. The maximum absolute atomic E-state index is 12.2. The number of hydrogen-bond donors (Lipinski definition) is 1. The van der Waals surface area contributed by atoms with E-state index in [2.05, 4.69) is 17.3 Å². The van der Waals surface area contributed by atoms with Crippen molar-refractivity contribution in [1.29, 1.82) is 0 Å². The molecule has 1 unspecified atom stereocenters. The van der Waals surface area contributed by atoms with Crippen LogP contribution in [0.4, 0.5) is 0 Å². The van der Waals surface area contributed by atoms with Gasteiger partial charge >= 0.3 is 0 Å². The molecule has 0 spiro atoms. The molecule has 0 aliphatic heterocycles. The third kappa shape index (κ3) is 3.20. The van der Waals surface area contributed by atoms with E-state index in [4.69, 9.17) is 0 Å². The lowest BCUT2D eigenvalue weighted by atomic mass is 10.1. The van der Waals surface area contributed by atoms with Crippen LogP contribution in [0.3, 0.4) is 0 Å². The van der Waals surface area contributed by atoms with Crippen LogP contribution >= 0.6 is 0 Å². The molecule has 0 saturated carbocycles. The number of benzene rings is 1. The maximum Gasteiger partial charge on any atom is 0.274 e. The second-order valence-electron chi connectivity index (χ2n) is 4.80. The minimum Gasteiger partial charge on any atom is -0.317 e. The van der Waals surface area contributed by atoms with Gasteiger partial charge in [0.25, 0.3) is 5.56 Å². The predicted molar refractivity (Wildman–Crippen MR) is 78.4 cm³/mol. The first kappa shape index (κ1) is 13.7. The van der Waals surface area contributed by atoms with Crippen LogP contribution in [0.1, 0.15) is 26.2 Å². The van der Waals surface area contributed by atoms with Gasteiger partial charge in [-0.05, 0) is 32.4 Å². The maximum atomic E-state index is 12.2. The highest BCUT2D eigenvalue weighted by atomic mass is 16.1. The zero-order chi connectivity index (χ0) is 13.7. The van der Waals surface area contributed by atoms with E-state index in [9.17, 15) is 4.79 Å². The van der Waals surface area contributed by atoms with Crippen molar-refractivity contribution in [2.75, 3.05) is 7.05 Å². The Hall–Kier alpha value is -1.68. The average molecular weight is 259 g/mol. The van der Waals surface area contributed by atoms with Gasteiger partial charge in [0, 0.05) is 18.0 Å². The summed E-state index contributed by atoms with van der Waals surface area (Å²) in [5.41, 5.74) is 0.00982. The normalized spacial score (nSPS) is 12.7. The predicted octanol–water partition coefficient (Wildman–Crippen LogP) is 2.17. The first-order chi connectivity index (χ1) is 9.26. The lowest BCUT2D eigenvalue weighted by Crippen LogP contribution is -2.26. The average Bonchev–Trinajstić information content (AvgIpc) is 2.46. The Kier molecular flexibility index (Phi) is 4.68. The largest absolute Gasteiger partial charge is 0.317 e. The Morgan fingerprint density at radius 2 is 2.16 bits per heavy atom. The second kappa shape index (κ2) is 6.48. The number of fused-ring (bicyclic) bond motifs is 1. The third-order valence-electron chi connectivity index (χ3n) is 3.59. The van der Waals surface area contributed by atoms with Crippen LogP contribution in [0.2, 0.25) is 0 Å². The summed E-state index contributed by atoms with van der Waals surface area (Å²) in [5, 5.41) is 9.17. The smallest absolute Gasteiger partial charge is 0.274 e. The molecule has 1 N–H and O–H groups in total. The summed E-state index contributed by atoms with van der Waals surface area (Å²) < 4.78 is 1.57. The van der Waals surface area contributed by atoms with Crippen molar-refractivity contribution in [3.05, 3.63) is 40.8 Å². The van der Waals surface area contributed by atoms with Gasteiger partial charge in [0.2, 0.25) is 0 Å². The fourth-order valence-electron chi connectivity index (χ4n) is 2.33. The van der Waals surface area contributed by atoms with Gasteiger partial charge in [-0.3, -0.25) is 4.79 Å². The molecule has 4 nitrogen and oxygen atoms in total. The number of hydrogen-bond acceptors (Lipinski definition) is 3. The topological polar surface area (TPSA) is 46.9 Å². The molecule has 4 heteroatoms. The van der Waals surface area contributed by atoms with E-state index in [1.54, 1.807) is 10.9 Å². The molecule has 0 aliphatic rings. The highest BCUT2D eigenvalue weighted by molar-refractivity contribution is 5.80. The quantitative estimate of drug-likeness (QED) is 0.865. The van der Waals surface area contributed by atoms with E-state index in [0.717, 1.165) is 30.0 Å². The number of nitrogens with one attached hydrogen (secondary N) is 1. The van der Waals surface area contributed by atoms with E-state index in [-0.39, 0.29) is 5.56 Å². The minimum atomic E-state index is 0.00982. The standard InChI is InChI=1S/C15H21N3O/c1-3-13(16-2)8-6-10-18-15(19)14-9-5-4-7-12(14)11-17-18/h4-5,7,9,11,13,16H,3,6,8,10H2,1-2H3. The lowest BCUT2D eigenvalue weighted by molar-refractivity contribution is 0.450. The van der Waals surface area contributed by atoms with E-state index in [0.29, 0.717) is 12.6 Å². The molecule has 0 radical (unpaired) electrons. The van der Waals surface area contributed by atoms with Gasteiger partial charge in [-0.1, -0.05) is 25.1 Å². The van der Waals surface area contributed by atoms with Crippen LogP contribution in [0.15, 0.2) is 35.3 Å². The highest BCUT2D eigenvalue weighted by Gasteiger charge is 2.05. The minimum absolute atomic E-state index is 0.00982. The Bertz CT molecular complexity index is 587. The summed E-state index contributed by atoms with van der Waals surface area (Å²) in [5.74, 6) is 0. The van der Waals surface area contributed by atoms with E-state index >= 15 is 0 Å².